The van der Waals surface area contributed by atoms with E-state index < -0.39 is 0 Å². The van der Waals surface area contributed by atoms with Gasteiger partial charge >= 0.3 is 0 Å². The molecule has 2 aromatic heterocycles. The molecule has 0 bridgehead atoms. The number of carbonyl (C=O) groups excluding carboxylic acids is 1. The van der Waals surface area contributed by atoms with Gasteiger partial charge in [-0.15, -0.1) is 0 Å². The zero-order chi connectivity index (χ0) is 16.4. The monoisotopic (exact) mass is 329 g/mol. The third-order valence-electron chi connectivity index (χ3n) is 4.28. The molecular formula is C17H19N3O4. The zero-order valence-electron chi connectivity index (χ0n) is 13.2. The van der Waals surface area contributed by atoms with Crippen molar-refractivity contribution in [2.24, 2.45) is 0 Å². The Morgan fingerprint density at radius 3 is 3.00 bits per heavy atom. The SMILES string of the molecule is O=C(N[C@@H]1CCOC[C@H]1Oc1ccccn1)c1cc(C2CC2)no1. The van der Waals surface area contributed by atoms with Crippen LogP contribution in [0.1, 0.15) is 41.4 Å². The van der Waals surface area contributed by atoms with Crippen LogP contribution in [-0.2, 0) is 4.74 Å². The topological polar surface area (TPSA) is 86.5 Å². The Balaban J connectivity index is 1.41. The number of pyridine rings is 1. The number of hydrogen-bond donors (Lipinski definition) is 1. The van der Waals surface area contributed by atoms with Gasteiger partial charge in [0.25, 0.3) is 5.91 Å². The van der Waals surface area contributed by atoms with Gasteiger partial charge in [0.2, 0.25) is 11.6 Å². The van der Waals surface area contributed by atoms with E-state index in [1.165, 1.54) is 0 Å². The number of amides is 1. The standard InChI is InChI=1S/C17H19N3O4/c21-17(14-9-13(20-24-14)11-4-5-11)19-12-6-8-22-10-15(12)23-16-3-1-2-7-18-16/h1-3,7,9,11-12,15H,4-6,8,10H2,(H,19,21)/t12-,15-/m1/s1. The van der Waals surface area contributed by atoms with E-state index in [1.807, 2.05) is 12.1 Å². The first kappa shape index (κ1) is 15.1. The lowest BCUT2D eigenvalue weighted by Crippen LogP contribution is -2.51. The molecule has 2 aromatic rings. The van der Waals surface area contributed by atoms with Crippen LogP contribution in [0, 0.1) is 0 Å². The van der Waals surface area contributed by atoms with E-state index in [0.29, 0.717) is 31.4 Å². The second kappa shape index (κ2) is 6.60. The van der Waals surface area contributed by atoms with Crippen LogP contribution in [0.3, 0.4) is 0 Å². The molecule has 24 heavy (non-hydrogen) atoms. The summed E-state index contributed by atoms with van der Waals surface area (Å²) in [6.45, 7) is 0.988. The molecule has 7 heteroatoms. The van der Waals surface area contributed by atoms with Gasteiger partial charge < -0.3 is 19.3 Å². The molecular weight excluding hydrogens is 310 g/mol. The first-order chi connectivity index (χ1) is 11.8. The summed E-state index contributed by atoms with van der Waals surface area (Å²) in [7, 11) is 0. The highest BCUT2D eigenvalue weighted by Crippen LogP contribution is 2.39. The molecule has 126 valence electrons. The predicted molar refractivity (Wildman–Crippen MR) is 83.8 cm³/mol. The number of carbonyl (C=O) groups is 1. The molecule has 7 nitrogen and oxygen atoms in total. The molecule has 1 aliphatic carbocycles. The maximum absolute atomic E-state index is 12.4. The summed E-state index contributed by atoms with van der Waals surface area (Å²) < 4.78 is 16.5. The van der Waals surface area contributed by atoms with Crippen molar-refractivity contribution in [1.82, 2.24) is 15.5 Å². The zero-order valence-corrected chi connectivity index (χ0v) is 13.2. The Bertz CT molecular complexity index is 699. The molecule has 0 spiro atoms. The van der Waals surface area contributed by atoms with E-state index in [0.717, 1.165) is 18.5 Å². The largest absolute Gasteiger partial charge is 0.470 e. The third kappa shape index (κ3) is 3.41. The molecule has 1 saturated heterocycles. The van der Waals surface area contributed by atoms with Crippen LogP contribution >= 0.6 is 0 Å². The summed E-state index contributed by atoms with van der Waals surface area (Å²) >= 11 is 0. The van der Waals surface area contributed by atoms with Gasteiger partial charge in [-0.1, -0.05) is 11.2 Å². The second-order valence-corrected chi connectivity index (χ2v) is 6.16. The lowest BCUT2D eigenvalue weighted by molar-refractivity contribution is -0.0155. The molecule has 1 N–H and O–H groups in total. The predicted octanol–water partition coefficient (Wildman–Crippen LogP) is 1.91. The van der Waals surface area contributed by atoms with E-state index in [2.05, 4.69) is 15.5 Å². The molecule has 1 aliphatic heterocycles. The van der Waals surface area contributed by atoms with Gasteiger partial charge in [-0.05, 0) is 25.3 Å². The van der Waals surface area contributed by atoms with Crippen molar-refractivity contribution >= 4 is 5.91 Å². The van der Waals surface area contributed by atoms with Gasteiger partial charge in [0, 0.05) is 30.9 Å². The number of nitrogens with one attached hydrogen (secondary N) is 1. The van der Waals surface area contributed by atoms with Crippen LogP contribution in [0.5, 0.6) is 5.88 Å². The van der Waals surface area contributed by atoms with Crippen molar-refractivity contribution in [2.75, 3.05) is 13.2 Å². The highest BCUT2D eigenvalue weighted by molar-refractivity contribution is 5.91. The molecule has 2 aliphatic rings. The van der Waals surface area contributed by atoms with Crippen molar-refractivity contribution in [3.63, 3.8) is 0 Å². The number of nitrogens with zero attached hydrogens (tertiary/aromatic N) is 2. The first-order valence-electron chi connectivity index (χ1n) is 8.22. The lowest BCUT2D eigenvalue weighted by Gasteiger charge is -2.31. The van der Waals surface area contributed by atoms with E-state index in [-0.39, 0.29) is 23.8 Å². The lowest BCUT2D eigenvalue weighted by atomic mass is 10.1. The Hall–Kier alpha value is -2.41. The van der Waals surface area contributed by atoms with Crippen LogP contribution in [0.2, 0.25) is 0 Å². The summed E-state index contributed by atoms with van der Waals surface area (Å²) in [5, 5.41) is 6.95. The molecule has 2 fully saturated rings. The van der Waals surface area contributed by atoms with Crippen LogP contribution in [0.25, 0.3) is 0 Å². The highest BCUT2D eigenvalue weighted by atomic mass is 16.5. The van der Waals surface area contributed by atoms with Crippen LogP contribution in [-0.4, -0.2) is 41.4 Å². The molecule has 3 heterocycles. The van der Waals surface area contributed by atoms with Crippen molar-refractivity contribution in [3.05, 3.63) is 41.9 Å². The van der Waals surface area contributed by atoms with E-state index in [1.54, 1.807) is 18.3 Å². The summed E-state index contributed by atoms with van der Waals surface area (Å²) in [4.78, 5) is 16.6. The molecule has 1 amide bonds. The molecule has 2 atom stereocenters. The van der Waals surface area contributed by atoms with Gasteiger partial charge in [-0.25, -0.2) is 4.98 Å². The van der Waals surface area contributed by atoms with E-state index in [4.69, 9.17) is 14.0 Å². The normalized spacial score (nSPS) is 23.7. The van der Waals surface area contributed by atoms with Gasteiger partial charge in [-0.2, -0.15) is 0 Å². The Kier molecular flexibility index (Phi) is 4.17. The third-order valence-corrected chi connectivity index (χ3v) is 4.28. The fraction of sp³-hybridized carbons (Fsp3) is 0.471. The van der Waals surface area contributed by atoms with Crippen molar-refractivity contribution in [3.8, 4) is 5.88 Å². The quantitative estimate of drug-likeness (QED) is 0.902. The molecule has 4 rings (SSSR count). The number of hydrogen-bond acceptors (Lipinski definition) is 6. The Morgan fingerprint density at radius 2 is 2.21 bits per heavy atom. The van der Waals surface area contributed by atoms with Crippen molar-refractivity contribution < 1.29 is 18.8 Å². The fourth-order valence-electron chi connectivity index (χ4n) is 2.77. The average Bonchev–Trinajstić information content (AvgIpc) is 3.34. The Morgan fingerprint density at radius 1 is 1.29 bits per heavy atom. The van der Waals surface area contributed by atoms with Crippen LogP contribution in [0.4, 0.5) is 0 Å². The molecule has 1 saturated carbocycles. The number of aromatic nitrogens is 2. The first-order valence-corrected chi connectivity index (χ1v) is 8.22. The smallest absolute Gasteiger partial charge is 0.290 e. The van der Waals surface area contributed by atoms with E-state index >= 15 is 0 Å². The minimum atomic E-state index is -0.288. The second-order valence-electron chi connectivity index (χ2n) is 6.16. The minimum Gasteiger partial charge on any atom is -0.470 e. The van der Waals surface area contributed by atoms with E-state index in [9.17, 15) is 4.79 Å². The average molecular weight is 329 g/mol. The Labute approximate surface area is 139 Å². The van der Waals surface area contributed by atoms with Gasteiger partial charge in [0.15, 0.2) is 0 Å². The minimum absolute atomic E-state index is 0.164. The van der Waals surface area contributed by atoms with Crippen molar-refractivity contribution in [1.29, 1.82) is 0 Å². The summed E-state index contributed by atoms with van der Waals surface area (Å²) in [5.74, 6) is 0.956. The van der Waals surface area contributed by atoms with Gasteiger partial charge in [0.05, 0.1) is 18.3 Å². The number of ether oxygens (including phenoxy) is 2. The molecule has 0 radical (unpaired) electrons. The summed E-state index contributed by atoms with van der Waals surface area (Å²) in [6, 6.07) is 7.04. The van der Waals surface area contributed by atoms with Gasteiger partial charge in [0.1, 0.15) is 6.10 Å². The fourth-order valence-corrected chi connectivity index (χ4v) is 2.77. The van der Waals surface area contributed by atoms with Crippen LogP contribution in [0.15, 0.2) is 35.0 Å². The maximum atomic E-state index is 12.4. The van der Waals surface area contributed by atoms with Gasteiger partial charge in [-0.3, -0.25) is 4.79 Å². The maximum Gasteiger partial charge on any atom is 0.290 e. The molecule has 0 unspecified atom stereocenters. The summed E-state index contributed by atoms with van der Waals surface area (Å²) in [5.41, 5.74) is 0.869. The number of rotatable bonds is 5. The highest BCUT2D eigenvalue weighted by Gasteiger charge is 2.32. The van der Waals surface area contributed by atoms with Crippen molar-refractivity contribution in [2.45, 2.75) is 37.3 Å². The molecule has 0 aromatic carbocycles. The van der Waals surface area contributed by atoms with Crippen LogP contribution < -0.4 is 10.1 Å². The summed E-state index contributed by atoms with van der Waals surface area (Å²) in [6.07, 6.45) is 4.29.